The number of rotatable bonds is 8. The van der Waals surface area contributed by atoms with Crippen molar-refractivity contribution in [1.29, 1.82) is 0 Å². The van der Waals surface area contributed by atoms with Crippen molar-refractivity contribution in [2.45, 2.75) is 46.3 Å². The van der Waals surface area contributed by atoms with Crippen molar-refractivity contribution < 1.29 is 14.3 Å². The number of esters is 1. The molecular weight excluding hydrogens is 346 g/mol. The van der Waals surface area contributed by atoms with Gasteiger partial charge < -0.3 is 13.9 Å². The number of carbonyl (C=O) groups excluding carboxylic acids is 1. The lowest BCUT2D eigenvalue weighted by Gasteiger charge is -2.22. The molecule has 0 spiro atoms. The number of hydrogen-bond acceptors (Lipinski definition) is 4. The van der Waals surface area contributed by atoms with Crippen molar-refractivity contribution in [1.82, 2.24) is 4.40 Å². The highest BCUT2D eigenvalue weighted by Crippen LogP contribution is 2.30. The molecule has 0 N–H and O–H groups in total. The summed E-state index contributed by atoms with van der Waals surface area (Å²) in [6.07, 6.45) is 3.57. The van der Waals surface area contributed by atoms with E-state index < -0.39 is 0 Å². The van der Waals surface area contributed by atoms with Crippen LogP contribution in [0.15, 0.2) is 41.9 Å². The third-order valence-electron chi connectivity index (χ3n) is 4.46. The Labute approximate surface area is 158 Å². The summed E-state index contributed by atoms with van der Waals surface area (Å²) < 4.78 is 13.7. The second-order valence-electron chi connectivity index (χ2n) is 6.29. The van der Waals surface area contributed by atoms with Gasteiger partial charge in [-0.15, -0.1) is 11.3 Å². The van der Waals surface area contributed by atoms with E-state index in [0.29, 0.717) is 18.8 Å². The van der Waals surface area contributed by atoms with E-state index in [-0.39, 0.29) is 12.1 Å². The molecule has 0 aliphatic carbocycles. The highest BCUT2D eigenvalue weighted by molar-refractivity contribution is 7.09. The zero-order valence-electron chi connectivity index (χ0n) is 15.5. The third-order valence-corrected chi connectivity index (χ3v) is 5.31. The second kappa shape index (κ2) is 8.52. The normalized spacial score (nSPS) is 12.4. The fourth-order valence-electron chi connectivity index (χ4n) is 3.15. The van der Waals surface area contributed by atoms with Gasteiger partial charge in [0, 0.05) is 16.6 Å². The highest BCUT2D eigenvalue weighted by Gasteiger charge is 2.22. The molecule has 3 aromatic rings. The largest absolute Gasteiger partial charge is 0.462 e. The average molecular weight is 372 g/mol. The van der Waals surface area contributed by atoms with Crippen LogP contribution in [0.5, 0.6) is 0 Å². The van der Waals surface area contributed by atoms with Gasteiger partial charge in [-0.3, -0.25) is 0 Å². The molecule has 5 heteroatoms. The van der Waals surface area contributed by atoms with Crippen LogP contribution in [0.2, 0.25) is 0 Å². The van der Waals surface area contributed by atoms with E-state index in [4.69, 9.17) is 9.47 Å². The lowest BCUT2D eigenvalue weighted by atomic mass is 10.0. The van der Waals surface area contributed by atoms with Gasteiger partial charge in [0.15, 0.2) is 0 Å². The Morgan fingerprint density at radius 2 is 2.12 bits per heavy atom. The van der Waals surface area contributed by atoms with E-state index in [0.717, 1.165) is 29.6 Å². The highest BCUT2D eigenvalue weighted by atomic mass is 32.1. The molecule has 26 heavy (non-hydrogen) atoms. The Morgan fingerprint density at radius 1 is 1.27 bits per heavy atom. The molecular formula is C21H25NO3S. The Balaban J connectivity index is 1.97. The molecule has 4 nitrogen and oxygen atoms in total. The number of hydrogen-bond donors (Lipinski definition) is 0. The van der Waals surface area contributed by atoms with Gasteiger partial charge >= 0.3 is 5.97 Å². The van der Waals surface area contributed by atoms with Gasteiger partial charge in [0.2, 0.25) is 0 Å². The molecule has 3 rings (SSSR count). The summed E-state index contributed by atoms with van der Waals surface area (Å²) in [6, 6.07) is 10.0. The molecule has 3 aromatic heterocycles. The third kappa shape index (κ3) is 3.84. The van der Waals surface area contributed by atoms with E-state index in [9.17, 15) is 4.79 Å². The van der Waals surface area contributed by atoms with Crippen molar-refractivity contribution in [2.24, 2.45) is 0 Å². The minimum absolute atomic E-state index is 0.0917. The van der Waals surface area contributed by atoms with Crippen LogP contribution in [0.25, 0.3) is 5.52 Å². The summed E-state index contributed by atoms with van der Waals surface area (Å²) in [7, 11) is 0. The summed E-state index contributed by atoms with van der Waals surface area (Å²) in [5, 5.41) is 2.05. The first-order valence-electron chi connectivity index (χ1n) is 9.07. The Kier molecular flexibility index (Phi) is 6.12. The first-order valence-corrected chi connectivity index (χ1v) is 9.95. The van der Waals surface area contributed by atoms with Gasteiger partial charge in [0.25, 0.3) is 0 Å². The summed E-state index contributed by atoms with van der Waals surface area (Å²) in [4.78, 5) is 13.7. The molecule has 0 aliphatic rings. The summed E-state index contributed by atoms with van der Waals surface area (Å²) in [5.74, 6) is -0.262. The fourth-order valence-corrected chi connectivity index (χ4v) is 3.78. The van der Waals surface area contributed by atoms with Crippen molar-refractivity contribution in [2.75, 3.05) is 6.61 Å². The number of carbonyl (C=O) groups is 1. The van der Waals surface area contributed by atoms with Crippen LogP contribution in [0, 0.1) is 6.92 Å². The minimum Gasteiger partial charge on any atom is -0.462 e. The van der Waals surface area contributed by atoms with Crippen LogP contribution in [0.3, 0.4) is 0 Å². The van der Waals surface area contributed by atoms with Crippen molar-refractivity contribution in [3.63, 3.8) is 0 Å². The van der Waals surface area contributed by atoms with Crippen molar-refractivity contribution in [3.05, 3.63) is 63.6 Å². The first kappa shape index (κ1) is 18.7. The van der Waals surface area contributed by atoms with E-state index in [1.54, 1.807) is 11.3 Å². The lowest BCUT2D eigenvalue weighted by Crippen LogP contribution is -2.15. The zero-order valence-corrected chi connectivity index (χ0v) is 16.3. The van der Waals surface area contributed by atoms with Gasteiger partial charge in [-0.1, -0.05) is 19.9 Å². The fraction of sp³-hybridized carbons (Fsp3) is 0.381. The van der Waals surface area contributed by atoms with Gasteiger partial charge in [-0.05, 0) is 55.0 Å². The lowest BCUT2D eigenvalue weighted by molar-refractivity contribution is 0.0344. The topological polar surface area (TPSA) is 39.9 Å². The van der Waals surface area contributed by atoms with E-state index in [2.05, 4.69) is 22.8 Å². The number of ether oxygens (including phenoxy) is 2. The van der Waals surface area contributed by atoms with Crippen LogP contribution in [-0.2, 0) is 16.1 Å². The summed E-state index contributed by atoms with van der Waals surface area (Å²) >= 11 is 1.69. The zero-order chi connectivity index (χ0) is 18.5. The SMILES string of the molecule is CCCOC(=O)c1cc2cccn2c(C(CC)OCc2cccs2)c1C. The molecule has 0 aromatic carbocycles. The molecule has 0 aliphatic heterocycles. The van der Waals surface area contributed by atoms with E-state index in [1.165, 1.54) is 4.88 Å². The van der Waals surface area contributed by atoms with Gasteiger partial charge in [-0.25, -0.2) is 4.79 Å². The predicted octanol–water partition coefficient (Wildman–Crippen LogP) is 5.54. The average Bonchev–Trinajstić information content (AvgIpc) is 3.32. The number of fused-ring (bicyclic) bond motifs is 1. The van der Waals surface area contributed by atoms with Gasteiger partial charge in [0.05, 0.1) is 30.6 Å². The Bertz CT molecular complexity index is 867. The van der Waals surface area contributed by atoms with Crippen LogP contribution >= 0.6 is 11.3 Å². The Morgan fingerprint density at radius 3 is 2.81 bits per heavy atom. The van der Waals surface area contributed by atoms with Crippen molar-refractivity contribution >= 4 is 22.8 Å². The van der Waals surface area contributed by atoms with E-state index in [1.807, 2.05) is 44.3 Å². The quantitative estimate of drug-likeness (QED) is 0.488. The molecule has 3 heterocycles. The monoisotopic (exact) mass is 371 g/mol. The molecule has 0 bridgehead atoms. The molecule has 0 amide bonds. The maximum atomic E-state index is 12.5. The second-order valence-corrected chi connectivity index (χ2v) is 7.33. The number of thiophene rings is 1. The number of pyridine rings is 1. The Hall–Kier alpha value is -2.11. The summed E-state index contributed by atoms with van der Waals surface area (Å²) in [6.45, 7) is 7.09. The van der Waals surface area contributed by atoms with E-state index >= 15 is 0 Å². The summed E-state index contributed by atoms with van der Waals surface area (Å²) in [5.41, 5.74) is 3.55. The smallest absolute Gasteiger partial charge is 0.338 e. The minimum atomic E-state index is -0.262. The molecule has 0 radical (unpaired) electrons. The maximum Gasteiger partial charge on any atom is 0.338 e. The van der Waals surface area contributed by atoms with Crippen LogP contribution < -0.4 is 0 Å². The molecule has 1 atom stereocenters. The molecule has 0 saturated heterocycles. The predicted molar refractivity (Wildman–Crippen MR) is 105 cm³/mol. The van der Waals surface area contributed by atoms with Gasteiger partial charge in [-0.2, -0.15) is 0 Å². The van der Waals surface area contributed by atoms with Crippen LogP contribution in [0.1, 0.15) is 59.3 Å². The first-order chi connectivity index (χ1) is 12.7. The molecule has 0 fully saturated rings. The van der Waals surface area contributed by atoms with Gasteiger partial charge in [0.1, 0.15) is 0 Å². The number of aromatic nitrogens is 1. The van der Waals surface area contributed by atoms with Crippen LogP contribution in [0.4, 0.5) is 0 Å². The molecule has 1 unspecified atom stereocenters. The molecule has 0 saturated carbocycles. The number of nitrogens with zero attached hydrogens (tertiary/aromatic N) is 1. The molecule has 138 valence electrons. The van der Waals surface area contributed by atoms with Crippen LogP contribution in [-0.4, -0.2) is 17.0 Å². The maximum absolute atomic E-state index is 12.5. The van der Waals surface area contributed by atoms with Crippen molar-refractivity contribution in [3.8, 4) is 0 Å². The standard InChI is InChI=1S/C21H25NO3S/c1-4-11-24-21(23)18-13-16-8-6-10-22(16)20(15(18)3)19(5-2)25-14-17-9-7-12-26-17/h6-10,12-13,19H,4-5,11,14H2,1-3H3.